The number of hydrogen-bond acceptors (Lipinski definition) is 3. The van der Waals surface area contributed by atoms with Crippen LogP contribution in [0.3, 0.4) is 0 Å². The molecule has 1 heterocycles. The molecule has 142 valence electrons. The van der Waals surface area contributed by atoms with Gasteiger partial charge in [-0.3, -0.25) is 4.79 Å². The summed E-state index contributed by atoms with van der Waals surface area (Å²) in [5, 5.41) is 2.62. The van der Waals surface area contributed by atoms with Crippen LogP contribution in [0, 0.1) is 12.7 Å². The van der Waals surface area contributed by atoms with Gasteiger partial charge in [-0.05, 0) is 60.0 Å². The predicted octanol–water partition coefficient (Wildman–Crippen LogP) is 5.37. The molecule has 1 N–H and O–H groups in total. The molecule has 4 rings (SSSR count). The van der Waals surface area contributed by atoms with Crippen LogP contribution < -0.4 is 14.8 Å². The summed E-state index contributed by atoms with van der Waals surface area (Å²) in [7, 11) is 0. The van der Waals surface area contributed by atoms with Crippen LogP contribution >= 0.6 is 0 Å². The molecule has 0 bridgehead atoms. The first-order chi connectivity index (χ1) is 13.3. The van der Waals surface area contributed by atoms with Crippen LogP contribution in [-0.2, 0) is 0 Å². The van der Waals surface area contributed by atoms with E-state index in [1.54, 1.807) is 37.3 Å². The first-order valence-corrected chi connectivity index (χ1v) is 8.39. The number of alkyl halides is 2. The second kappa shape index (κ2) is 6.60. The van der Waals surface area contributed by atoms with E-state index in [9.17, 15) is 18.0 Å². The summed E-state index contributed by atoms with van der Waals surface area (Å²) < 4.78 is 49.1. The lowest BCUT2D eigenvalue weighted by molar-refractivity contribution is -0.286. The molecule has 1 aliphatic rings. The second-order valence-corrected chi connectivity index (χ2v) is 6.29. The van der Waals surface area contributed by atoms with Gasteiger partial charge >= 0.3 is 6.29 Å². The number of halogens is 3. The number of amides is 1. The number of ether oxygens (including phenoxy) is 2. The van der Waals surface area contributed by atoms with Gasteiger partial charge in [0, 0.05) is 5.69 Å². The van der Waals surface area contributed by atoms with Crippen LogP contribution in [-0.4, -0.2) is 12.2 Å². The number of fused-ring (bicyclic) bond motifs is 1. The number of hydrogen-bond donors (Lipinski definition) is 1. The van der Waals surface area contributed by atoms with Crippen molar-refractivity contribution in [2.24, 2.45) is 0 Å². The number of anilines is 1. The summed E-state index contributed by atoms with van der Waals surface area (Å²) in [5.74, 6) is -1.22. The first-order valence-electron chi connectivity index (χ1n) is 8.39. The molecule has 0 atom stereocenters. The van der Waals surface area contributed by atoms with Gasteiger partial charge in [0.05, 0.1) is 5.56 Å². The zero-order chi connectivity index (χ0) is 19.9. The maximum absolute atomic E-state index is 13.7. The largest absolute Gasteiger partial charge is 0.586 e. The van der Waals surface area contributed by atoms with Gasteiger partial charge in [0.1, 0.15) is 5.82 Å². The lowest BCUT2D eigenvalue weighted by Crippen LogP contribution is -2.25. The maximum Gasteiger partial charge on any atom is 0.586 e. The van der Waals surface area contributed by atoms with E-state index in [2.05, 4.69) is 14.8 Å². The van der Waals surface area contributed by atoms with Gasteiger partial charge in [0.15, 0.2) is 11.5 Å². The molecule has 28 heavy (non-hydrogen) atoms. The standard InChI is InChI=1S/C21H14F3NO3/c1-12-10-18-19(28-21(23,24)27-18)11-16(12)13-6-8-14(9-7-13)25-20(26)15-4-2-3-5-17(15)22/h2-11H,1H3,(H,25,26). The molecule has 4 nitrogen and oxygen atoms in total. The average molecular weight is 385 g/mol. The monoisotopic (exact) mass is 385 g/mol. The Morgan fingerprint density at radius 1 is 0.964 bits per heavy atom. The van der Waals surface area contributed by atoms with Crippen molar-refractivity contribution >= 4 is 11.6 Å². The highest BCUT2D eigenvalue weighted by atomic mass is 19.3. The Morgan fingerprint density at radius 3 is 2.29 bits per heavy atom. The fourth-order valence-electron chi connectivity index (χ4n) is 2.99. The van der Waals surface area contributed by atoms with E-state index in [0.29, 0.717) is 11.3 Å². The highest BCUT2D eigenvalue weighted by molar-refractivity contribution is 6.04. The van der Waals surface area contributed by atoms with Gasteiger partial charge in [-0.1, -0.05) is 24.3 Å². The predicted molar refractivity (Wildman–Crippen MR) is 97.2 cm³/mol. The third-order valence-electron chi connectivity index (χ3n) is 4.32. The van der Waals surface area contributed by atoms with E-state index in [0.717, 1.165) is 11.1 Å². The smallest absolute Gasteiger partial charge is 0.395 e. The molecule has 0 unspecified atom stereocenters. The lowest BCUT2D eigenvalue weighted by atomic mass is 9.99. The topological polar surface area (TPSA) is 47.6 Å². The number of aryl methyl sites for hydroxylation is 1. The molecule has 0 saturated heterocycles. The minimum Gasteiger partial charge on any atom is -0.395 e. The van der Waals surface area contributed by atoms with E-state index >= 15 is 0 Å². The molecule has 0 radical (unpaired) electrons. The zero-order valence-corrected chi connectivity index (χ0v) is 14.6. The molecular formula is C21H14F3NO3. The summed E-state index contributed by atoms with van der Waals surface area (Å²) in [4.78, 5) is 12.2. The SMILES string of the molecule is Cc1cc2c(cc1-c1ccc(NC(=O)c3ccccc3F)cc1)OC(F)(F)O2. The third-order valence-corrected chi connectivity index (χ3v) is 4.32. The summed E-state index contributed by atoms with van der Waals surface area (Å²) >= 11 is 0. The number of carbonyl (C=O) groups is 1. The van der Waals surface area contributed by atoms with Crippen LogP contribution in [0.15, 0.2) is 60.7 Å². The molecule has 0 spiro atoms. The van der Waals surface area contributed by atoms with Crippen LogP contribution in [0.4, 0.5) is 18.9 Å². The maximum atomic E-state index is 13.7. The highest BCUT2D eigenvalue weighted by Crippen LogP contribution is 2.44. The Kier molecular flexibility index (Phi) is 4.22. The molecule has 1 amide bonds. The number of nitrogens with one attached hydrogen (secondary N) is 1. The molecule has 3 aromatic rings. The minimum absolute atomic E-state index is 0.0139. The zero-order valence-electron chi connectivity index (χ0n) is 14.6. The summed E-state index contributed by atoms with van der Waals surface area (Å²) in [6, 6.07) is 15.4. The molecule has 7 heteroatoms. The molecular weight excluding hydrogens is 371 g/mol. The van der Waals surface area contributed by atoms with Gasteiger partial charge in [0.25, 0.3) is 5.91 Å². The van der Waals surface area contributed by atoms with Crippen molar-refractivity contribution in [3.05, 3.63) is 77.6 Å². The van der Waals surface area contributed by atoms with E-state index < -0.39 is 18.0 Å². The van der Waals surface area contributed by atoms with E-state index in [-0.39, 0.29) is 17.1 Å². The third kappa shape index (κ3) is 3.38. The Morgan fingerprint density at radius 2 is 1.61 bits per heavy atom. The Balaban J connectivity index is 1.56. The molecule has 0 saturated carbocycles. The van der Waals surface area contributed by atoms with E-state index in [1.807, 2.05) is 0 Å². The van der Waals surface area contributed by atoms with Crippen molar-refractivity contribution in [1.82, 2.24) is 0 Å². The average Bonchev–Trinajstić information content (AvgIpc) is 2.95. The van der Waals surface area contributed by atoms with Gasteiger partial charge < -0.3 is 14.8 Å². The number of carbonyl (C=O) groups excluding carboxylic acids is 1. The van der Waals surface area contributed by atoms with Gasteiger partial charge in [-0.2, -0.15) is 0 Å². The van der Waals surface area contributed by atoms with Crippen molar-refractivity contribution in [1.29, 1.82) is 0 Å². The quantitative estimate of drug-likeness (QED) is 0.659. The lowest BCUT2D eigenvalue weighted by Gasteiger charge is -2.10. The fourth-order valence-corrected chi connectivity index (χ4v) is 2.99. The molecule has 0 aromatic heterocycles. The highest BCUT2D eigenvalue weighted by Gasteiger charge is 2.43. The van der Waals surface area contributed by atoms with Gasteiger partial charge in [-0.15, -0.1) is 8.78 Å². The van der Waals surface area contributed by atoms with E-state index in [4.69, 9.17) is 0 Å². The molecule has 0 aliphatic carbocycles. The minimum atomic E-state index is -3.67. The van der Waals surface area contributed by atoms with Crippen LogP contribution in [0.5, 0.6) is 11.5 Å². The fraction of sp³-hybridized carbons (Fsp3) is 0.0952. The summed E-state index contributed by atoms with van der Waals surface area (Å²) in [6.45, 7) is 1.77. The Hall–Kier alpha value is -3.48. The van der Waals surface area contributed by atoms with Crippen molar-refractivity contribution in [3.63, 3.8) is 0 Å². The number of rotatable bonds is 3. The molecule has 1 aliphatic heterocycles. The first kappa shape index (κ1) is 17.9. The van der Waals surface area contributed by atoms with Crippen molar-refractivity contribution < 1.29 is 27.4 Å². The van der Waals surface area contributed by atoms with E-state index in [1.165, 1.54) is 30.3 Å². The second-order valence-electron chi connectivity index (χ2n) is 6.29. The Bertz CT molecular complexity index is 1060. The van der Waals surface area contributed by atoms with Crippen molar-refractivity contribution in [2.45, 2.75) is 13.2 Å². The summed E-state index contributed by atoms with van der Waals surface area (Å²) in [6.07, 6.45) is -3.67. The number of benzene rings is 3. The normalized spacial score (nSPS) is 14.0. The molecule has 0 fully saturated rings. The Labute approximate surface area is 158 Å². The van der Waals surface area contributed by atoms with Crippen LogP contribution in [0.1, 0.15) is 15.9 Å². The van der Waals surface area contributed by atoms with Gasteiger partial charge in [-0.25, -0.2) is 4.39 Å². The van der Waals surface area contributed by atoms with Crippen molar-refractivity contribution in [2.75, 3.05) is 5.32 Å². The van der Waals surface area contributed by atoms with Gasteiger partial charge in [0.2, 0.25) is 0 Å². The molecule has 3 aromatic carbocycles. The van der Waals surface area contributed by atoms with Crippen LogP contribution in [0.25, 0.3) is 11.1 Å². The van der Waals surface area contributed by atoms with Crippen LogP contribution in [0.2, 0.25) is 0 Å². The summed E-state index contributed by atoms with van der Waals surface area (Å²) in [5.41, 5.74) is 2.57. The van der Waals surface area contributed by atoms with Crippen molar-refractivity contribution in [3.8, 4) is 22.6 Å².